The van der Waals surface area contributed by atoms with Crippen LogP contribution in [0, 0.1) is 67.4 Å². The molecule has 304 valence electrons. The third-order valence-electron chi connectivity index (χ3n) is 11.3. The van der Waals surface area contributed by atoms with Gasteiger partial charge in [-0.05, 0) is 87.3 Å². The van der Waals surface area contributed by atoms with E-state index in [4.69, 9.17) is 14.2 Å². The van der Waals surface area contributed by atoms with Crippen molar-refractivity contribution in [1.82, 2.24) is 19.6 Å². The monoisotopic (exact) mass is 778 g/mol. The molecule has 4 fully saturated rings. The molecular weight excluding hydrogens is 722 g/mol. The molecule has 12 nitrogen and oxygen atoms in total. The van der Waals surface area contributed by atoms with Crippen molar-refractivity contribution in [3.8, 4) is 12.1 Å². The predicted molar refractivity (Wildman–Crippen MR) is 205 cm³/mol. The summed E-state index contributed by atoms with van der Waals surface area (Å²) in [7, 11) is 0. The number of morpholine rings is 2. The molecule has 6 rings (SSSR count). The number of amides is 2. The van der Waals surface area contributed by atoms with Gasteiger partial charge in [-0.3, -0.25) is 9.80 Å². The van der Waals surface area contributed by atoms with Gasteiger partial charge in [0.2, 0.25) is 0 Å². The number of nitrogens with zero attached hydrogens (tertiary/aromatic N) is 6. The van der Waals surface area contributed by atoms with Crippen LogP contribution in [-0.2, 0) is 14.2 Å². The van der Waals surface area contributed by atoms with Crippen molar-refractivity contribution in [1.29, 1.82) is 10.5 Å². The van der Waals surface area contributed by atoms with E-state index >= 15 is 0 Å². The first-order valence-electron chi connectivity index (χ1n) is 19.2. The van der Waals surface area contributed by atoms with Gasteiger partial charge in [-0.15, -0.1) is 0 Å². The number of nitriles is 2. The lowest BCUT2D eigenvalue weighted by Gasteiger charge is -2.53. The average molecular weight is 779 g/mol. The van der Waals surface area contributed by atoms with Crippen molar-refractivity contribution in [3.63, 3.8) is 0 Å². The summed E-state index contributed by atoms with van der Waals surface area (Å²) in [4.78, 5) is 31.6. The SMILES string of the molecule is Cc1cc(C2CN3CCN(C(=O)OC(C)(C)C)CC3CO2)c(C)c(C#N)c1F.Cc1cc([C@@H]2CN3CCN(C(=O)O)C[C@@H]3[C@@H](C(C)(C)C)O2)c(C)c(C#N)c1F. The van der Waals surface area contributed by atoms with Crippen LogP contribution in [0.25, 0.3) is 0 Å². The lowest BCUT2D eigenvalue weighted by atomic mass is 9.81. The maximum absolute atomic E-state index is 14.3. The zero-order valence-electron chi connectivity index (χ0n) is 34.3. The molecule has 0 spiro atoms. The van der Waals surface area contributed by atoms with E-state index in [1.165, 1.54) is 4.90 Å². The second-order valence-electron chi connectivity index (χ2n) is 17.5. The van der Waals surface area contributed by atoms with Crippen molar-refractivity contribution in [2.45, 2.75) is 105 Å². The number of carbonyl (C=O) groups excluding carboxylic acids is 1. The summed E-state index contributed by atoms with van der Waals surface area (Å²) in [5.74, 6) is -0.928. The molecule has 56 heavy (non-hydrogen) atoms. The van der Waals surface area contributed by atoms with Crippen LogP contribution >= 0.6 is 0 Å². The molecular formula is C42H56F2N6O6. The zero-order chi connectivity index (χ0) is 41.4. The van der Waals surface area contributed by atoms with E-state index in [1.807, 2.05) is 32.9 Å². The number of aryl methyl sites for hydroxylation is 2. The lowest BCUT2D eigenvalue weighted by molar-refractivity contribution is -0.173. The van der Waals surface area contributed by atoms with Crippen LogP contribution in [-0.4, -0.2) is 120 Å². The highest BCUT2D eigenvalue weighted by atomic mass is 19.1. The Hall–Kier alpha value is -4.34. The highest BCUT2D eigenvalue weighted by Crippen LogP contribution is 2.40. The highest BCUT2D eigenvalue weighted by Gasteiger charge is 2.47. The normalized spacial score (nSPS) is 24.5. The Kier molecular flexibility index (Phi) is 12.7. The number of piperazine rings is 2. The molecule has 14 heteroatoms. The Balaban J connectivity index is 0.000000214. The second kappa shape index (κ2) is 16.6. The van der Waals surface area contributed by atoms with Crippen LogP contribution in [0.2, 0.25) is 0 Å². The molecule has 4 saturated heterocycles. The van der Waals surface area contributed by atoms with Crippen LogP contribution in [0.5, 0.6) is 0 Å². The zero-order valence-corrected chi connectivity index (χ0v) is 34.3. The van der Waals surface area contributed by atoms with E-state index < -0.39 is 23.3 Å². The number of benzene rings is 2. The average Bonchev–Trinajstić information content (AvgIpc) is 3.13. The van der Waals surface area contributed by atoms with Crippen molar-refractivity contribution >= 4 is 12.2 Å². The molecule has 4 heterocycles. The first-order valence-corrected chi connectivity index (χ1v) is 19.2. The maximum Gasteiger partial charge on any atom is 0.410 e. The van der Waals surface area contributed by atoms with Crippen LogP contribution in [0.4, 0.5) is 18.4 Å². The van der Waals surface area contributed by atoms with Gasteiger partial charge in [-0.25, -0.2) is 18.4 Å². The summed E-state index contributed by atoms with van der Waals surface area (Å²) in [6.45, 7) is 23.8. The third kappa shape index (κ3) is 9.10. The lowest BCUT2D eigenvalue weighted by Crippen LogP contribution is -2.65. The Labute approximate surface area is 329 Å². The molecule has 4 aliphatic heterocycles. The van der Waals surface area contributed by atoms with Gasteiger partial charge < -0.3 is 29.1 Å². The summed E-state index contributed by atoms with van der Waals surface area (Å²) < 4.78 is 46.6. The van der Waals surface area contributed by atoms with Gasteiger partial charge in [0.15, 0.2) is 0 Å². The van der Waals surface area contributed by atoms with E-state index in [0.29, 0.717) is 74.7 Å². The fourth-order valence-electron chi connectivity index (χ4n) is 8.23. The van der Waals surface area contributed by atoms with Gasteiger partial charge >= 0.3 is 12.2 Å². The van der Waals surface area contributed by atoms with E-state index in [0.717, 1.165) is 17.7 Å². The van der Waals surface area contributed by atoms with E-state index in [2.05, 4.69) is 30.6 Å². The molecule has 5 atom stereocenters. The molecule has 2 aromatic carbocycles. The van der Waals surface area contributed by atoms with Gasteiger partial charge in [0.05, 0.1) is 48.1 Å². The summed E-state index contributed by atoms with van der Waals surface area (Å²) in [5, 5.41) is 28.1. The van der Waals surface area contributed by atoms with Gasteiger partial charge in [-0.2, -0.15) is 10.5 Å². The molecule has 0 saturated carbocycles. The Morgan fingerprint density at radius 3 is 1.82 bits per heavy atom. The molecule has 0 bridgehead atoms. The molecule has 2 amide bonds. The third-order valence-corrected chi connectivity index (χ3v) is 11.3. The predicted octanol–water partition coefficient (Wildman–Crippen LogP) is 6.77. The molecule has 4 aliphatic rings. The largest absolute Gasteiger partial charge is 0.465 e. The minimum Gasteiger partial charge on any atom is -0.465 e. The second-order valence-corrected chi connectivity index (χ2v) is 17.5. The first-order chi connectivity index (χ1) is 26.1. The van der Waals surface area contributed by atoms with Gasteiger partial charge in [0, 0.05) is 52.4 Å². The number of carbonyl (C=O) groups is 2. The summed E-state index contributed by atoms with van der Waals surface area (Å²) in [6, 6.07) is 7.60. The van der Waals surface area contributed by atoms with Crippen molar-refractivity contribution in [3.05, 3.63) is 68.3 Å². The Morgan fingerprint density at radius 2 is 1.30 bits per heavy atom. The van der Waals surface area contributed by atoms with Crippen LogP contribution < -0.4 is 0 Å². The molecule has 1 N–H and O–H groups in total. The van der Waals surface area contributed by atoms with Crippen molar-refractivity contribution < 1.29 is 37.7 Å². The highest BCUT2D eigenvalue weighted by molar-refractivity contribution is 5.68. The number of rotatable bonds is 2. The van der Waals surface area contributed by atoms with E-state index in [1.54, 1.807) is 44.7 Å². The first kappa shape index (κ1) is 42.8. The summed E-state index contributed by atoms with van der Waals surface area (Å²) in [6.07, 6.45) is -1.89. The molecule has 2 unspecified atom stereocenters. The quantitative estimate of drug-likeness (QED) is 0.347. The summed E-state index contributed by atoms with van der Waals surface area (Å²) >= 11 is 0. The Morgan fingerprint density at radius 1 is 0.786 bits per heavy atom. The van der Waals surface area contributed by atoms with Crippen LogP contribution in [0.1, 0.15) is 98.3 Å². The standard InChI is InChI=1S/2C21H28FN3O3/c1-13-8-16(14(2)17(9-23)19(13)22)18-11-24-6-7-25(10-15(24)12-27-18)20(26)28-21(3,4)5;1-12-8-14(13(2)15(9-23)18(12)22)17-11-24-6-7-25(20(26)27)10-16(24)19(28-17)21(3,4)5/h8,15,18H,6-7,10-12H2,1-5H3;8,16-17,19H,6-7,10-11H2,1-5H3,(H,26,27)/t;16-,17+,19+/m.1/s1. The number of hydrogen-bond donors (Lipinski definition) is 1. The molecule has 0 aliphatic carbocycles. The van der Waals surface area contributed by atoms with E-state index in [9.17, 15) is 34.0 Å². The van der Waals surface area contributed by atoms with Gasteiger partial charge in [0.1, 0.15) is 29.4 Å². The van der Waals surface area contributed by atoms with Crippen LogP contribution in [0.15, 0.2) is 12.1 Å². The number of carboxylic acid groups (broad SMARTS) is 1. The summed E-state index contributed by atoms with van der Waals surface area (Å²) in [5.41, 5.74) is 3.30. The fourth-order valence-corrected chi connectivity index (χ4v) is 8.23. The van der Waals surface area contributed by atoms with Gasteiger partial charge in [0.25, 0.3) is 0 Å². The number of ether oxygens (including phenoxy) is 3. The number of halogens is 2. The van der Waals surface area contributed by atoms with Crippen molar-refractivity contribution in [2.24, 2.45) is 5.41 Å². The number of hydrogen-bond acceptors (Lipinski definition) is 9. The minimum absolute atomic E-state index is 0.0293. The Bertz CT molecular complexity index is 1910. The number of fused-ring (bicyclic) bond motifs is 2. The van der Waals surface area contributed by atoms with E-state index in [-0.39, 0.29) is 53.0 Å². The molecule has 0 aromatic heterocycles. The van der Waals surface area contributed by atoms with Crippen molar-refractivity contribution in [2.75, 3.05) is 59.0 Å². The smallest absolute Gasteiger partial charge is 0.410 e. The topological polar surface area (TPSA) is 143 Å². The van der Waals surface area contributed by atoms with Crippen LogP contribution in [0.3, 0.4) is 0 Å². The molecule has 2 aromatic rings. The fraction of sp³-hybridized carbons (Fsp3) is 0.619. The van der Waals surface area contributed by atoms with Gasteiger partial charge in [-0.1, -0.05) is 32.9 Å². The molecule has 0 radical (unpaired) electrons. The maximum atomic E-state index is 14.3. The minimum atomic E-state index is -0.905.